The Morgan fingerprint density at radius 1 is 0.875 bits per heavy atom. The van der Waals surface area contributed by atoms with Crippen LogP contribution in [-0.4, -0.2) is 32.5 Å². The van der Waals surface area contributed by atoms with Crippen LogP contribution in [0.1, 0.15) is 19.3 Å². The molecule has 0 aliphatic carbocycles. The molecule has 0 unspecified atom stereocenters. The molecule has 1 aliphatic rings. The second-order valence-electron chi connectivity index (χ2n) is 1.81. The number of rotatable bonds is 0. The van der Waals surface area contributed by atoms with Crippen molar-refractivity contribution in [3.8, 4) is 0 Å². The molecule has 0 aromatic rings. The zero-order valence-electron chi connectivity index (χ0n) is 4.04. The fourth-order valence-corrected chi connectivity index (χ4v) is 0.802. The van der Waals surface area contributed by atoms with Gasteiger partial charge in [-0.3, -0.25) is 0 Å². The molecular formula is C5H18BNSi. The van der Waals surface area contributed by atoms with Gasteiger partial charge in [-0.15, -0.1) is 0 Å². The standard InChI is InChI=1S/C5H11N.BH3.H4Si/c1-2-4-6-5-3-1;;/h6H,1-5H2;1H3;1H4. The van der Waals surface area contributed by atoms with Crippen LogP contribution < -0.4 is 5.32 Å². The second kappa shape index (κ2) is 7.24. The van der Waals surface area contributed by atoms with E-state index in [1.807, 2.05) is 0 Å². The van der Waals surface area contributed by atoms with Gasteiger partial charge in [0.25, 0.3) is 0 Å². The first-order valence-corrected chi connectivity index (χ1v) is 2.71. The molecule has 1 N–H and O–H groups in total. The van der Waals surface area contributed by atoms with E-state index in [4.69, 9.17) is 0 Å². The molecule has 0 bridgehead atoms. The topological polar surface area (TPSA) is 12.0 Å². The fourth-order valence-electron chi connectivity index (χ4n) is 0.802. The third kappa shape index (κ3) is 4.40. The Labute approximate surface area is 57.8 Å². The van der Waals surface area contributed by atoms with Gasteiger partial charge in [0.15, 0.2) is 0 Å². The van der Waals surface area contributed by atoms with E-state index >= 15 is 0 Å². The number of piperidine rings is 1. The lowest BCUT2D eigenvalue weighted by Crippen LogP contribution is -2.21. The van der Waals surface area contributed by atoms with E-state index in [0.29, 0.717) is 0 Å². The van der Waals surface area contributed by atoms with Crippen molar-refractivity contribution in [1.29, 1.82) is 0 Å². The van der Waals surface area contributed by atoms with Crippen molar-refractivity contribution in [1.82, 2.24) is 5.32 Å². The molecule has 1 saturated heterocycles. The molecule has 8 heavy (non-hydrogen) atoms. The molecule has 3 heteroatoms. The minimum atomic E-state index is 0. The van der Waals surface area contributed by atoms with E-state index in [2.05, 4.69) is 5.32 Å². The first kappa shape index (κ1) is 11.1. The van der Waals surface area contributed by atoms with Crippen molar-refractivity contribution < 1.29 is 0 Å². The van der Waals surface area contributed by atoms with Gasteiger partial charge in [-0.2, -0.15) is 0 Å². The van der Waals surface area contributed by atoms with Gasteiger partial charge in [0.2, 0.25) is 0 Å². The Balaban J connectivity index is 0. The highest BCUT2D eigenvalue weighted by molar-refractivity contribution is 5.76. The van der Waals surface area contributed by atoms with Crippen LogP contribution in [0.5, 0.6) is 0 Å². The largest absolute Gasteiger partial charge is 0.317 e. The predicted molar refractivity (Wildman–Crippen MR) is 48.0 cm³/mol. The SMILES string of the molecule is B.C1CCNCC1.[SiH4]. The van der Waals surface area contributed by atoms with Crippen LogP contribution in [0.15, 0.2) is 0 Å². The minimum absolute atomic E-state index is 0. The summed E-state index contributed by atoms with van der Waals surface area (Å²) in [5, 5.41) is 3.28. The molecule has 0 radical (unpaired) electrons. The average Bonchev–Trinajstić information content (AvgIpc) is 1.72. The van der Waals surface area contributed by atoms with Crippen LogP contribution in [0.2, 0.25) is 0 Å². The van der Waals surface area contributed by atoms with Crippen molar-refractivity contribution in [2.24, 2.45) is 0 Å². The Morgan fingerprint density at radius 3 is 1.50 bits per heavy atom. The van der Waals surface area contributed by atoms with Crippen LogP contribution in [0.25, 0.3) is 0 Å². The molecular weight excluding hydrogens is 113 g/mol. The summed E-state index contributed by atoms with van der Waals surface area (Å²) in [6.45, 7) is 2.50. The van der Waals surface area contributed by atoms with Crippen LogP contribution in [0, 0.1) is 0 Å². The predicted octanol–water partition coefficient (Wildman–Crippen LogP) is -1.88. The van der Waals surface area contributed by atoms with Gasteiger partial charge in [0, 0.05) is 0 Å². The zero-order chi connectivity index (χ0) is 4.24. The highest BCUT2D eigenvalue weighted by Crippen LogP contribution is 1.96. The van der Waals surface area contributed by atoms with E-state index in [0.717, 1.165) is 0 Å². The molecule has 1 nitrogen and oxygen atoms in total. The summed E-state index contributed by atoms with van der Waals surface area (Å²) in [5.41, 5.74) is 0. The summed E-state index contributed by atoms with van der Waals surface area (Å²) < 4.78 is 0. The first-order chi connectivity index (χ1) is 3.00. The normalized spacial score (nSPS) is 18.0. The zero-order valence-corrected chi connectivity index (χ0v) is 4.04. The van der Waals surface area contributed by atoms with Crippen LogP contribution in [0.4, 0.5) is 0 Å². The average molecular weight is 131 g/mol. The molecule has 0 amide bonds. The third-order valence-electron chi connectivity index (χ3n) is 1.21. The Hall–Kier alpha value is 0.242. The van der Waals surface area contributed by atoms with E-state index in [1.54, 1.807) is 0 Å². The monoisotopic (exact) mass is 131 g/mol. The summed E-state index contributed by atoms with van der Waals surface area (Å²) in [5.74, 6) is 0. The molecule has 1 rings (SSSR count). The van der Waals surface area contributed by atoms with Crippen molar-refractivity contribution >= 4 is 19.4 Å². The van der Waals surface area contributed by atoms with E-state index in [1.165, 1.54) is 32.4 Å². The smallest absolute Gasteiger partial charge is 0.0814 e. The maximum absolute atomic E-state index is 3.28. The summed E-state index contributed by atoms with van der Waals surface area (Å²) >= 11 is 0. The maximum atomic E-state index is 3.28. The number of nitrogens with one attached hydrogen (secondary N) is 1. The second-order valence-corrected chi connectivity index (χ2v) is 1.81. The van der Waals surface area contributed by atoms with Gasteiger partial charge in [-0.05, 0) is 36.9 Å². The maximum Gasteiger partial charge on any atom is 0.0814 e. The lowest BCUT2D eigenvalue weighted by Gasteiger charge is -2.08. The molecule has 1 fully saturated rings. The fraction of sp³-hybridized carbons (Fsp3) is 1.00. The van der Waals surface area contributed by atoms with Crippen LogP contribution in [-0.2, 0) is 0 Å². The van der Waals surface area contributed by atoms with Crippen LogP contribution in [0.3, 0.4) is 0 Å². The Kier molecular flexibility index (Phi) is 10.0. The molecule has 0 spiro atoms. The minimum Gasteiger partial charge on any atom is -0.317 e. The summed E-state index contributed by atoms with van der Waals surface area (Å²) in [4.78, 5) is 0. The molecule has 0 aromatic carbocycles. The summed E-state index contributed by atoms with van der Waals surface area (Å²) in [6.07, 6.45) is 4.22. The van der Waals surface area contributed by atoms with E-state index < -0.39 is 0 Å². The molecule has 1 heterocycles. The summed E-state index contributed by atoms with van der Waals surface area (Å²) in [7, 11) is 0. The highest BCUT2D eigenvalue weighted by Gasteiger charge is 1.93. The van der Waals surface area contributed by atoms with Gasteiger partial charge in [-0.1, -0.05) is 6.42 Å². The van der Waals surface area contributed by atoms with Crippen LogP contribution >= 0.6 is 0 Å². The van der Waals surface area contributed by atoms with Crippen molar-refractivity contribution in [2.45, 2.75) is 19.3 Å². The molecule has 1 aliphatic heterocycles. The molecule has 0 aromatic heterocycles. The lowest BCUT2D eigenvalue weighted by molar-refractivity contribution is 0.520. The molecule has 50 valence electrons. The van der Waals surface area contributed by atoms with Crippen molar-refractivity contribution in [3.05, 3.63) is 0 Å². The first-order valence-electron chi connectivity index (χ1n) is 2.71. The van der Waals surface area contributed by atoms with Gasteiger partial charge in [0.05, 0.1) is 8.41 Å². The van der Waals surface area contributed by atoms with E-state index in [9.17, 15) is 0 Å². The van der Waals surface area contributed by atoms with Gasteiger partial charge in [0.1, 0.15) is 0 Å². The number of hydrogen-bond acceptors (Lipinski definition) is 1. The summed E-state index contributed by atoms with van der Waals surface area (Å²) in [6, 6.07) is 0. The Bertz CT molecular complexity index is 27.9. The Morgan fingerprint density at radius 2 is 1.38 bits per heavy atom. The molecule has 0 saturated carbocycles. The highest BCUT2D eigenvalue weighted by atomic mass is 28.1. The molecule has 0 atom stereocenters. The van der Waals surface area contributed by atoms with Crippen molar-refractivity contribution in [2.75, 3.05) is 13.1 Å². The van der Waals surface area contributed by atoms with Gasteiger partial charge >= 0.3 is 0 Å². The van der Waals surface area contributed by atoms with Gasteiger partial charge < -0.3 is 5.32 Å². The van der Waals surface area contributed by atoms with E-state index in [-0.39, 0.29) is 19.4 Å². The van der Waals surface area contributed by atoms with Crippen molar-refractivity contribution in [3.63, 3.8) is 0 Å². The third-order valence-corrected chi connectivity index (χ3v) is 1.21. The lowest BCUT2D eigenvalue weighted by atomic mass is 10.2. The quantitative estimate of drug-likeness (QED) is 0.379. The number of hydrogen-bond donors (Lipinski definition) is 1. The van der Waals surface area contributed by atoms with Gasteiger partial charge in [-0.25, -0.2) is 0 Å².